The zero-order chi connectivity index (χ0) is 18.8. The standard InChI is InChI=1S/C19H21BrN4O2/c1-4-19(10-15(24-26-19)13-9-14(20)12-21-11-13)17(25)23-18(2,3)16-7-5-6-8-22-16/h5-9,11-12H,4,10H2,1-3H3,(H,23,25). The number of hydrogen-bond donors (Lipinski definition) is 1. The van der Waals surface area contributed by atoms with E-state index in [0.717, 1.165) is 15.7 Å². The number of rotatable bonds is 5. The number of aromatic nitrogens is 2. The average molecular weight is 417 g/mol. The van der Waals surface area contributed by atoms with Gasteiger partial charge in [0, 0.05) is 35.0 Å². The van der Waals surface area contributed by atoms with Crippen LogP contribution in [0.15, 0.2) is 52.5 Å². The minimum atomic E-state index is -1.02. The molecule has 7 heteroatoms. The summed E-state index contributed by atoms with van der Waals surface area (Å²) in [4.78, 5) is 27.2. The Bertz CT molecular complexity index is 838. The Balaban J connectivity index is 1.78. The number of pyridine rings is 2. The molecule has 2 aromatic rings. The van der Waals surface area contributed by atoms with Crippen molar-refractivity contribution < 1.29 is 9.63 Å². The third-order valence-corrected chi connectivity index (χ3v) is 4.97. The molecule has 1 atom stereocenters. The summed E-state index contributed by atoms with van der Waals surface area (Å²) in [5, 5.41) is 7.24. The molecule has 3 heterocycles. The molecule has 0 aliphatic carbocycles. The molecule has 0 spiro atoms. The van der Waals surface area contributed by atoms with Gasteiger partial charge in [-0.3, -0.25) is 14.8 Å². The molecule has 0 saturated carbocycles. The van der Waals surface area contributed by atoms with Gasteiger partial charge < -0.3 is 10.2 Å². The first-order chi connectivity index (χ1) is 12.4. The molecule has 136 valence electrons. The molecule has 0 aromatic carbocycles. The van der Waals surface area contributed by atoms with Gasteiger partial charge in [0.05, 0.1) is 16.9 Å². The number of halogens is 1. The Labute approximate surface area is 161 Å². The Hall–Kier alpha value is -2.28. The van der Waals surface area contributed by atoms with Crippen LogP contribution < -0.4 is 5.32 Å². The van der Waals surface area contributed by atoms with E-state index in [0.29, 0.717) is 18.6 Å². The molecule has 2 aromatic heterocycles. The molecule has 1 unspecified atom stereocenters. The van der Waals surface area contributed by atoms with Gasteiger partial charge in [0.2, 0.25) is 5.60 Å². The molecule has 26 heavy (non-hydrogen) atoms. The summed E-state index contributed by atoms with van der Waals surface area (Å²) in [6, 6.07) is 7.56. The summed E-state index contributed by atoms with van der Waals surface area (Å²) in [6.45, 7) is 5.77. The van der Waals surface area contributed by atoms with E-state index in [4.69, 9.17) is 4.84 Å². The zero-order valence-electron chi connectivity index (χ0n) is 15.0. The lowest BCUT2D eigenvalue weighted by Gasteiger charge is -2.31. The Morgan fingerprint density at radius 2 is 2.19 bits per heavy atom. The van der Waals surface area contributed by atoms with Gasteiger partial charge in [0.25, 0.3) is 5.91 Å². The number of carbonyl (C=O) groups is 1. The SMILES string of the molecule is CCC1(C(=O)NC(C)(C)c2ccccn2)CC(c2cncc(Br)c2)=NO1. The van der Waals surface area contributed by atoms with Gasteiger partial charge in [-0.25, -0.2) is 0 Å². The summed E-state index contributed by atoms with van der Waals surface area (Å²) in [5.74, 6) is -0.197. The fraction of sp³-hybridized carbons (Fsp3) is 0.368. The molecular weight excluding hydrogens is 396 g/mol. The first kappa shape index (κ1) is 18.5. The van der Waals surface area contributed by atoms with E-state index in [1.165, 1.54) is 0 Å². The molecule has 3 rings (SSSR count). The third kappa shape index (κ3) is 3.62. The van der Waals surface area contributed by atoms with Crippen LogP contribution in [-0.4, -0.2) is 27.2 Å². The molecular formula is C19H21BrN4O2. The van der Waals surface area contributed by atoms with Gasteiger partial charge in [-0.2, -0.15) is 0 Å². The smallest absolute Gasteiger partial charge is 0.268 e. The average Bonchev–Trinajstić information content (AvgIpc) is 3.08. The van der Waals surface area contributed by atoms with Crippen LogP contribution >= 0.6 is 15.9 Å². The van der Waals surface area contributed by atoms with Crippen molar-refractivity contribution in [2.75, 3.05) is 0 Å². The predicted octanol–water partition coefficient (Wildman–Crippen LogP) is 3.56. The van der Waals surface area contributed by atoms with E-state index in [-0.39, 0.29) is 5.91 Å². The van der Waals surface area contributed by atoms with Crippen molar-refractivity contribution in [2.24, 2.45) is 5.16 Å². The molecule has 1 aliphatic heterocycles. The number of nitrogens with zero attached hydrogens (tertiary/aromatic N) is 3. The Morgan fingerprint density at radius 3 is 2.85 bits per heavy atom. The van der Waals surface area contributed by atoms with E-state index in [2.05, 4.69) is 36.4 Å². The van der Waals surface area contributed by atoms with Crippen LogP contribution in [0.4, 0.5) is 0 Å². The van der Waals surface area contributed by atoms with Crippen molar-refractivity contribution in [3.8, 4) is 0 Å². The Kier molecular flexibility index (Phi) is 5.09. The van der Waals surface area contributed by atoms with Gasteiger partial charge in [-0.1, -0.05) is 18.1 Å². The van der Waals surface area contributed by atoms with E-state index in [9.17, 15) is 4.79 Å². The van der Waals surface area contributed by atoms with Crippen molar-refractivity contribution >= 4 is 27.5 Å². The molecule has 0 fully saturated rings. The van der Waals surface area contributed by atoms with E-state index in [1.54, 1.807) is 18.6 Å². The maximum Gasteiger partial charge on any atom is 0.268 e. The van der Waals surface area contributed by atoms with Gasteiger partial charge in [-0.15, -0.1) is 0 Å². The summed E-state index contributed by atoms with van der Waals surface area (Å²) < 4.78 is 0.854. The minimum Gasteiger partial charge on any atom is -0.378 e. The molecule has 1 aliphatic rings. The zero-order valence-corrected chi connectivity index (χ0v) is 16.6. The highest BCUT2D eigenvalue weighted by Crippen LogP contribution is 2.32. The van der Waals surface area contributed by atoms with Gasteiger partial charge in [0.1, 0.15) is 0 Å². The van der Waals surface area contributed by atoms with Crippen molar-refractivity contribution in [1.29, 1.82) is 0 Å². The van der Waals surface area contributed by atoms with E-state index in [1.807, 2.05) is 45.0 Å². The lowest BCUT2D eigenvalue weighted by atomic mass is 9.89. The van der Waals surface area contributed by atoms with Crippen molar-refractivity contribution in [2.45, 2.75) is 44.8 Å². The van der Waals surface area contributed by atoms with E-state index >= 15 is 0 Å². The summed E-state index contributed by atoms with van der Waals surface area (Å²) in [6.07, 6.45) is 6.03. The minimum absolute atomic E-state index is 0.197. The molecule has 0 bridgehead atoms. The van der Waals surface area contributed by atoms with Crippen LogP contribution in [0.3, 0.4) is 0 Å². The highest BCUT2D eigenvalue weighted by atomic mass is 79.9. The van der Waals surface area contributed by atoms with E-state index < -0.39 is 11.1 Å². The normalized spacial score (nSPS) is 19.6. The van der Waals surface area contributed by atoms with Crippen LogP contribution in [0.2, 0.25) is 0 Å². The molecule has 6 nitrogen and oxygen atoms in total. The van der Waals surface area contributed by atoms with Crippen molar-refractivity contribution in [1.82, 2.24) is 15.3 Å². The maximum absolute atomic E-state index is 13.1. The van der Waals surface area contributed by atoms with Crippen molar-refractivity contribution in [3.63, 3.8) is 0 Å². The fourth-order valence-electron chi connectivity index (χ4n) is 2.87. The second kappa shape index (κ2) is 7.15. The second-order valence-corrected chi connectivity index (χ2v) is 7.76. The highest BCUT2D eigenvalue weighted by Gasteiger charge is 2.47. The highest BCUT2D eigenvalue weighted by molar-refractivity contribution is 9.10. The Morgan fingerprint density at radius 1 is 1.38 bits per heavy atom. The summed E-state index contributed by atoms with van der Waals surface area (Å²) >= 11 is 3.40. The number of carbonyl (C=O) groups excluding carboxylic acids is 1. The van der Waals surface area contributed by atoms with Gasteiger partial charge in [0.15, 0.2) is 0 Å². The number of hydrogen-bond acceptors (Lipinski definition) is 5. The fourth-order valence-corrected chi connectivity index (χ4v) is 3.23. The number of amides is 1. The third-order valence-electron chi connectivity index (χ3n) is 4.54. The van der Waals surface area contributed by atoms with Crippen LogP contribution in [0.5, 0.6) is 0 Å². The number of nitrogens with one attached hydrogen (secondary N) is 1. The maximum atomic E-state index is 13.1. The first-order valence-corrected chi connectivity index (χ1v) is 9.26. The second-order valence-electron chi connectivity index (χ2n) is 6.84. The quantitative estimate of drug-likeness (QED) is 0.807. The summed E-state index contributed by atoms with van der Waals surface area (Å²) in [7, 11) is 0. The molecule has 0 radical (unpaired) electrons. The first-order valence-electron chi connectivity index (χ1n) is 8.46. The molecule has 0 saturated heterocycles. The van der Waals surface area contributed by atoms with Crippen LogP contribution in [0, 0.1) is 0 Å². The largest absolute Gasteiger partial charge is 0.378 e. The topological polar surface area (TPSA) is 76.5 Å². The van der Waals surface area contributed by atoms with Crippen LogP contribution in [-0.2, 0) is 15.2 Å². The summed E-state index contributed by atoms with van der Waals surface area (Å²) in [5.41, 5.74) is 0.695. The number of oxime groups is 1. The molecule has 1 amide bonds. The monoisotopic (exact) mass is 416 g/mol. The van der Waals surface area contributed by atoms with Crippen LogP contribution in [0.1, 0.15) is 44.9 Å². The predicted molar refractivity (Wildman–Crippen MR) is 103 cm³/mol. The van der Waals surface area contributed by atoms with Gasteiger partial charge >= 0.3 is 0 Å². The van der Waals surface area contributed by atoms with Crippen LogP contribution in [0.25, 0.3) is 0 Å². The molecule has 1 N–H and O–H groups in total. The lowest BCUT2D eigenvalue weighted by Crippen LogP contribution is -2.53. The van der Waals surface area contributed by atoms with Crippen molar-refractivity contribution in [3.05, 3.63) is 58.6 Å². The van der Waals surface area contributed by atoms with Gasteiger partial charge in [-0.05, 0) is 54.4 Å². The lowest BCUT2D eigenvalue weighted by molar-refractivity contribution is -0.146.